The molecular formula is C12H17ClN2O2. The van der Waals surface area contributed by atoms with Crippen LogP contribution in [0.1, 0.15) is 23.7 Å². The number of rotatable bonds is 5. The lowest BCUT2D eigenvalue weighted by atomic mass is 10.1. The molecule has 5 heteroatoms. The molecule has 0 heterocycles. The highest BCUT2D eigenvalue weighted by atomic mass is 35.5. The monoisotopic (exact) mass is 256 g/mol. The summed E-state index contributed by atoms with van der Waals surface area (Å²) >= 11 is 5.95. The Kier molecular flexibility index (Phi) is 5.25. The fourth-order valence-corrected chi connectivity index (χ4v) is 1.66. The molecule has 4 nitrogen and oxygen atoms in total. The molecule has 0 aromatic heterocycles. The fraction of sp³-hybridized carbons (Fsp3) is 0.417. The third-order valence-corrected chi connectivity index (χ3v) is 2.68. The van der Waals surface area contributed by atoms with Crippen molar-refractivity contribution in [1.82, 2.24) is 5.32 Å². The van der Waals surface area contributed by atoms with Gasteiger partial charge < -0.3 is 15.8 Å². The number of carbonyl (C=O) groups excluding carboxylic acids is 1. The standard InChI is InChI=1S/C12H17ClN2O2/c1-8(5-6-17-2)15-12(16)10-4-3-9(14)7-11(10)13/h3-4,7-8H,5-6,14H2,1-2H3,(H,15,16). The van der Waals surface area contributed by atoms with Crippen molar-refractivity contribution in [2.75, 3.05) is 19.5 Å². The van der Waals surface area contributed by atoms with Crippen LogP contribution in [0.3, 0.4) is 0 Å². The first-order valence-corrected chi connectivity index (χ1v) is 5.77. The van der Waals surface area contributed by atoms with Gasteiger partial charge in [-0.1, -0.05) is 11.6 Å². The van der Waals surface area contributed by atoms with Gasteiger partial charge in [0, 0.05) is 25.4 Å². The van der Waals surface area contributed by atoms with Crippen molar-refractivity contribution in [3.8, 4) is 0 Å². The van der Waals surface area contributed by atoms with Gasteiger partial charge in [-0.05, 0) is 31.5 Å². The molecule has 0 fully saturated rings. The smallest absolute Gasteiger partial charge is 0.253 e. The molecule has 1 atom stereocenters. The van der Waals surface area contributed by atoms with E-state index >= 15 is 0 Å². The lowest BCUT2D eigenvalue weighted by molar-refractivity contribution is 0.0930. The number of methoxy groups -OCH3 is 1. The summed E-state index contributed by atoms with van der Waals surface area (Å²) in [6.07, 6.45) is 0.759. The topological polar surface area (TPSA) is 64.3 Å². The normalized spacial score (nSPS) is 12.2. The predicted molar refractivity (Wildman–Crippen MR) is 69.3 cm³/mol. The van der Waals surface area contributed by atoms with Gasteiger partial charge in [-0.25, -0.2) is 0 Å². The van der Waals surface area contributed by atoms with Gasteiger partial charge in [0.05, 0.1) is 10.6 Å². The SMILES string of the molecule is COCCC(C)NC(=O)c1ccc(N)cc1Cl. The maximum Gasteiger partial charge on any atom is 0.253 e. The predicted octanol–water partition coefficient (Wildman–Crippen LogP) is 2.08. The van der Waals surface area contributed by atoms with Crippen molar-refractivity contribution >= 4 is 23.2 Å². The van der Waals surface area contributed by atoms with Crippen LogP contribution in [-0.2, 0) is 4.74 Å². The average molecular weight is 257 g/mol. The summed E-state index contributed by atoms with van der Waals surface area (Å²) in [5, 5.41) is 3.21. The molecular weight excluding hydrogens is 240 g/mol. The summed E-state index contributed by atoms with van der Waals surface area (Å²) in [7, 11) is 1.63. The molecule has 0 aliphatic rings. The Balaban J connectivity index is 2.63. The number of nitrogens with two attached hydrogens (primary N) is 1. The van der Waals surface area contributed by atoms with Crippen molar-refractivity contribution in [2.24, 2.45) is 0 Å². The van der Waals surface area contributed by atoms with E-state index < -0.39 is 0 Å². The molecule has 94 valence electrons. The van der Waals surface area contributed by atoms with E-state index in [1.54, 1.807) is 25.3 Å². The lowest BCUT2D eigenvalue weighted by Gasteiger charge is -2.14. The van der Waals surface area contributed by atoms with Gasteiger partial charge in [0.15, 0.2) is 0 Å². The van der Waals surface area contributed by atoms with Crippen LogP contribution >= 0.6 is 11.6 Å². The van der Waals surface area contributed by atoms with E-state index in [4.69, 9.17) is 22.1 Å². The zero-order valence-corrected chi connectivity index (χ0v) is 10.8. The molecule has 1 aromatic rings. The van der Waals surface area contributed by atoms with Crippen LogP contribution in [0.4, 0.5) is 5.69 Å². The minimum Gasteiger partial charge on any atom is -0.399 e. The molecule has 17 heavy (non-hydrogen) atoms. The average Bonchev–Trinajstić information content (AvgIpc) is 2.26. The van der Waals surface area contributed by atoms with E-state index in [2.05, 4.69) is 5.32 Å². The number of carbonyl (C=O) groups is 1. The van der Waals surface area contributed by atoms with Gasteiger partial charge >= 0.3 is 0 Å². The second-order valence-corrected chi connectivity index (χ2v) is 4.30. The minimum atomic E-state index is -0.196. The summed E-state index contributed by atoms with van der Waals surface area (Å²) in [5.74, 6) is -0.196. The van der Waals surface area contributed by atoms with Crippen molar-refractivity contribution in [3.63, 3.8) is 0 Å². The Morgan fingerprint density at radius 3 is 2.88 bits per heavy atom. The molecule has 1 unspecified atom stereocenters. The van der Waals surface area contributed by atoms with E-state index in [1.807, 2.05) is 6.92 Å². The number of nitrogens with one attached hydrogen (secondary N) is 1. The molecule has 1 aromatic carbocycles. The van der Waals surface area contributed by atoms with Crippen molar-refractivity contribution < 1.29 is 9.53 Å². The van der Waals surface area contributed by atoms with E-state index in [0.29, 0.717) is 22.9 Å². The number of hydrogen-bond acceptors (Lipinski definition) is 3. The first kappa shape index (κ1) is 13.8. The number of hydrogen-bond donors (Lipinski definition) is 2. The Morgan fingerprint density at radius 2 is 2.29 bits per heavy atom. The highest BCUT2D eigenvalue weighted by molar-refractivity contribution is 6.34. The Bertz CT molecular complexity index is 396. The summed E-state index contributed by atoms with van der Waals surface area (Å²) in [6, 6.07) is 4.88. The molecule has 0 bridgehead atoms. The quantitative estimate of drug-likeness (QED) is 0.793. The van der Waals surface area contributed by atoms with Gasteiger partial charge in [-0.2, -0.15) is 0 Å². The highest BCUT2D eigenvalue weighted by Crippen LogP contribution is 2.19. The van der Waals surface area contributed by atoms with Crippen LogP contribution in [0.25, 0.3) is 0 Å². The van der Waals surface area contributed by atoms with Gasteiger partial charge in [0.1, 0.15) is 0 Å². The molecule has 0 radical (unpaired) electrons. The Hall–Kier alpha value is -1.26. The third kappa shape index (κ3) is 4.24. The lowest BCUT2D eigenvalue weighted by Crippen LogP contribution is -2.33. The largest absolute Gasteiger partial charge is 0.399 e. The molecule has 0 spiro atoms. The van der Waals surface area contributed by atoms with Crippen LogP contribution in [0.15, 0.2) is 18.2 Å². The van der Waals surface area contributed by atoms with E-state index in [-0.39, 0.29) is 11.9 Å². The summed E-state index contributed by atoms with van der Waals surface area (Å²) in [5.41, 5.74) is 6.54. The molecule has 0 aliphatic heterocycles. The maximum absolute atomic E-state index is 11.9. The molecule has 1 rings (SSSR count). The fourth-order valence-electron chi connectivity index (χ4n) is 1.38. The van der Waals surface area contributed by atoms with Crippen molar-refractivity contribution in [2.45, 2.75) is 19.4 Å². The van der Waals surface area contributed by atoms with Crippen LogP contribution in [0.2, 0.25) is 5.02 Å². The molecule has 1 amide bonds. The number of ether oxygens (including phenoxy) is 1. The maximum atomic E-state index is 11.9. The Morgan fingerprint density at radius 1 is 1.59 bits per heavy atom. The summed E-state index contributed by atoms with van der Waals surface area (Å²) in [6.45, 7) is 2.53. The van der Waals surface area contributed by atoms with Crippen molar-refractivity contribution in [1.29, 1.82) is 0 Å². The molecule has 3 N–H and O–H groups in total. The Labute approximate surface area is 106 Å². The third-order valence-electron chi connectivity index (χ3n) is 2.37. The number of nitrogen functional groups attached to an aromatic ring is 1. The van der Waals surface area contributed by atoms with E-state index in [1.165, 1.54) is 0 Å². The molecule has 0 saturated carbocycles. The molecule has 0 saturated heterocycles. The zero-order chi connectivity index (χ0) is 12.8. The van der Waals surface area contributed by atoms with Crippen LogP contribution in [0, 0.1) is 0 Å². The number of halogens is 1. The molecule has 0 aliphatic carbocycles. The number of anilines is 1. The van der Waals surface area contributed by atoms with Crippen LogP contribution in [-0.4, -0.2) is 25.7 Å². The minimum absolute atomic E-state index is 0.0380. The van der Waals surface area contributed by atoms with E-state index in [0.717, 1.165) is 6.42 Å². The van der Waals surface area contributed by atoms with Gasteiger partial charge in [0.25, 0.3) is 5.91 Å². The second kappa shape index (κ2) is 6.47. The summed E-state index contributed by atoms with van der Waals surface area (Å²) in [4.78, 5) is 11.9. The first-order chi connectivity index (χ1) is 8.04. The first-order valence-electron chi connectivity index (χ1n) is 5.39. The van der Waals surface area contributed by atoms with Gasteiger partial charge in [0.2, 0.25) is 0 Å². The number of amides is 1. The van der Waals surface area contributed by atoms with Crippen LogP contribution in [0.5, 0.6) is 0 Å². The van der Waals surface area contributed by atoms with Crippen molar-refractivity contribution in [3.05, 3.63) is 28.8 Å². The van der Waals surface area contributed by atoms with Gasteiger partial charge in [-0.3, -0.25) is 4.79 Å². The second-order valence-electron chi connectivity index (χ2n) is 3.90. The van der Waals surface area contributed by atoms with Gasteiger partial charge in [-0.15, -0.1) is 0 Å². The zero-order valence-electron chi connectivity index (χ0n) is 10.00. The van der Waals surface area contributed by atoms with E-state index in [9.17, 15) is 4.79 Å². The highest BCUT2D eigenvalue weighted by Gasteiger charge is 2.12. The number of benzene rings is 1. The summed E-state index contributed by atoms with van der Waals surface area (Å²) < 4.78 is 4.95. The van der Waals surface area contributed by atoms with Crippen LogP contribution < -0.4 is 11.1 Å².